The van der Waals surface area contributed by atoms with E-state index in [1.807, 2.05) is 6.07 Å². The van der Waals surface area contributed by atoms with Gasteiger partial charge in [-0.15, -0.1) is 0 Å². The first-order valence-corrected chi connectivity index (χ1v) is 6.48. The molecule has 1 aliphatic heterocycles. The molecule has 1 fully saturated rings. The Hall–Kier alpha value is -1.09. The van der Waals surface area contributed by atoms with Crippen molar-refractivity contribution < 1.29 is 4.39 Å². The number of nitrogens with zero attached hydrogens (tertiary/aromatic N) is 1. The van der Waals surface area contributed by atoms with Crippen molar-refractivity contribution in [1.29, 1.82) is 0 Å². The summed E-state index contributed by atoms with van der Waals surface area (Å²) >= 11 is 0. The standard InChI is InChI=1S/C14H21FN2/c1-2-11-4-3-7-17(10-11)14-6-5-13(15)8-12(14)9-16/h5-6,8,11H,2-4,7,9-10,16H2,1H3. The molecule has 1 atom stereocenters. The van der Waals surface area contributed by atoms with Crippen LogP contribution in [-0.2, 0) is 6.54 Å². The van der Waals surface area contributed by atoms with E-state index in [0.717, 1.165) is 30.3 Å². The van der Waals surface area contributed by atoms with Gasteiger partial charge >= 0.3 is 0 Å². The lowest BCUT2D eigenvalue weighted by Gasteiger charge is -2.35. The number of piperidine rings is 1. The number of hydrogen-bond donors (Lipinski definition) is 1. The van der Waals surface area contributed by atoms with Crippen molar-refractivity contribution in [3.63, 3.8) is 0 Å². The van der Waals surface area contributed by atoms with Crippen LogP contribution in [0.25, 0.3) is 0 Å². The van der Waals surface area contributed by atoms with Crippen molar-refractivity contribution in [3.05, 3.63) is 29.6 Å². The third-order valence-corrected chi connectivity index (χ3v) is 3.70. The molecule has 2 N–H and O–H groups in total. The fourth-order valence-electron chi connectivity index (χ4n) is 2.64. The zero-order valence-corrected chi connectivity index (χ0v) is 10.5. The molecule has 94 valence electrons. The molecular formula is C14H21FN2. The summed E-state index contributed by atoms with van der Waals surface area (Å²) in [5.41, 5.74) is 7.74. The molecule has 0 bridgehead atoms. The molecule has 1 saturated heterocycles. The molecule has 0 spiro atoms. The van der Waals surface area contributed by atoms with Crippen molar-refractivity contribution in [2.24, 2.45) is 11.7 Å². The second-order valence-electron chi connectivity index (χ2n) is 4.84. The summed E-state index contributed by atoms with van der Waals surface area (Å²) < 4.78 is 13.2. The molecular weight excluding hydrogens is 215 g/mol. The van der Waals surface area contributed by atoms with E-state index in [4.69, 9.17) is 5.73 Å². The maximum atomic E-state index is 13.2. The third kappa shape index (κ3) is 2.78. The van der Waals surface area contributed by atoms with E-state index in [2.05, 4.69) is 11.8 Å². The maximum Gasteiger partial charge on any atom is 0.123 e. The molecule has 1 heterocycles. The van der Waals surface area contributed by atoms with Crippen LogP contribution in [0.3, 0.4) is 0 Å². The van der Waals surface area contributed by atoms with Crippen LogP contribution >= 0.6 is 0 Å². The highest BCUT2D eigenvalue weighted by molar-refractivity contribution is 5.54. The second kappa shape index (κ2) is 5.50. The predicted octanol–water partition coefficient (Wildman–Crippen LogP) is 2.91. The van der Waals surface area contributed by atoms with Crippen LogP contribution in [-0.4, -0.2) is 13.1 Å². The first-order chi connectivity index (χ1) is 8.24. The molecule has 1 aromatic carbocycles. The van der Waals surface area contributed by atoms with Crippen LogP contribution in [0.5, 0.6) is 0 Å². The third-order valence-electron chi connectivity index (χ3n) is 3.70. The van der Waals surface area contributed by atoms with Crippen LogP contribution in [0.4, 0.5) is 10.1 Å². The molecule has 2 nitrogen and oxygen atoms in total. The highest BCUT2D eigenvalue weighted by atomic mass is 19.1. The molecule has 0 amide bonds. The molecule has 1 aliphatic rings. The number of rotatable bonds is 3. The Bertz CT molecular complexity index is 378. The Morgan fingerprint density at radius 1 is 1.47 bits per heavy atom. The largest absolute Gasteiger partial charge is 0.371 e. The van der Waals surface area contributed by atoms with Gasteiger partial charge in [0.2, 0.25) is 0 Å². The Balaban J connectivity index is 2.20. The molecule has 0 aliphatic carbocycles. The summed E-state index contributed by atoms with van der Waals surface area (Å²) in [5, 5.41) is 0. The molecule has 2 rings (SSSR count). The SMILES string of the molecule is CCC1CCCN(c2ccc(F)cc2CN)C1. The van der Waals surface area contributed by atoms with E-state index in [-0.39, 0.29) is 5.82 Å². The molecule has 0 aromatic heterocycles. The van der Waals surface area contributed by atoms with Gasteiger partial charge in [-0.2, -0.15) is 0 Å². The summed E-state index contributed by atoms with van der Waals surface area (Å²) in [6.45, 7) is 4.79. The second-order valence-corrected chi connectivity index (χ2v) is 4.84. The van der Waals surface area contributed by atoms with Gasteiger partial charge in [-0.1, -0.05) is 13.3 Å². The van der Waals surface area contributed by atoms with Gasteiger partial charge in [0.25, 0.3) is 0 Å². The van der Waals surface area contributed by atoms with Gasteiger partial charge in [0, 0.05) is 25.3 Å². The van der Waals surface area contributed by atoms with Crippen molar-refractivity contribution in [3.8, 4) is 0 Å². The van der Waals surface area contributed by atoms with Crippen molar-refractivity contribution in [2.75, 3.05) is 18.0 Å². The number of anilines is 1. The Labute approximate surface area is 103 Å². The van der Waals surface area contributed by atoms with E-state index in [0.29, 0.717) is 6.54 Å². The monoisotopic (exact) mass is 236 g/mol. The lowest BCUT2D eigenvalue weighted by Crippen LogP contribution is -2.35. The maximum absolute atomic E-state index is 13.2. The quantitative estimate of drug-likeness (QED) is 0.874. The molecule has 3 heteroatoms. The molecule has 17 heavy (non-hydrogen) atoms. The fraction of sp³-hybridized carbons (Fsp3) is 0.571. The Morgan fingerprint density at radius 2 is 2.29 bits per heavy atom. The van der Waals surface area contributed by atoms with Gasteiger partial charge in [-0.25, -0.2) is 4.39 Å². The fourth-order valence-corrected chi connectivity index (χ4v) is 2.64. The molecule has 0 saturated carbocycles. The van der Waals surface area contributed by atoms with E-state index in [9.17, 15) is 4.39 Å². The van der Waals surface area contributed by atoms with Crippen molar-refractivity contribution >= 4 is 5.69 Å². The predicted molar refractivity (Wildman–Crippen MR) is 69.5 cm³/mol. The van der Waals surface area contributed by atoms with Gasteiger partial charge in [-0.3, -0.25) is 0 Å². The van der Waals surface area contributed by atoms with Crippen molar-refractivity contribution in [2.45, 2.75) is 32.7 Å². The van der Waals surface area contributed by atoms with Gasteiger partial charge in [0.05, 0.1) is 0 Å². The summed E-state index contributed by atoms with van der Waals surface area (Å²) in [7, 11) is 0. The Kier molecular flexibility index (Phi) is 4.00. The van der Waals surface area contributed by atoms with E-state index >= 15 is 0 Å². The highest BCUT2D eigenvalue weighted by Crippen LogP contribution is 2.28. The summed E-state index contributed by atoms with van der Waals surface area (Å²) in [5.74, 6) is 0.567. The zero-order chi connectivity index (χ0) is 12.3. The van der Waals surface area contributed by atoms with Gasteiger partial charge in [0.1, 0.15) is 5.82 Å². The van der Waals surface area contributed by atoms with Gasteiger partial charge in [-0.05, 0) is 42.5 Å². The minimum Gasteiger partial charge on any atom is -0.371 e. The summed E-state index contributed by atoms with van der Waals surface area (Å²) in [6.07, 6.45) is 3.75. The number of hydrogen-bond acceptors (Lipinski definition) is 2. The van der Waals surface area contributed by atoms with Crippen LogP contribution < -0.4 is 10.6 Å². The van der Waals surface area contributed by atoms with Crippen LogP contribution in [0.15, 0.2) is 18.2 Å². The average molecular weight is 236 g/mol. The molecule has 0 radical (unpaired) electrons. The van der Waals surface area contributed by atoms with E-state index in [1.54, 1.807) is 6.07 Å². The van der Waals surface area contributed by atoms with E-state index in [1.165, 1.54) is 25.3 Å². The molecule has 1 aromatic rings. The molecule has 1 unspecified atom stereocenters. The van der Waals surface area contributed by atoms with Crippen LogP contribution in [0, 0.1) is 11.7 Å². The lowest BCUT2D eigenvalue weighted by molar-refractivity contribution is 0.404. The van der Waals surface area contributed by atoms with Crippen molar-refractivity contribution in [1.82, 2.24) is 0 Å². The zero-order valence-electron chi connectivity index (χ0n) is 10.5. The first-order valence-electron chi connectivity index (χ1n) is 6.48. The number of benzene rings is 1. The minimum atomic E-state index is -0.196. The number of nitrogens with two attached hydrogens (primary N) is 1. The average Bonchev–Trinajstić information content (AvgIpc) is 2.38. The first kappa shape index (κ1) is 12.4. The number of halogens is 1. The minimum absolute atomic E-state index is 0.196. The summed E-state index contributed by atoms with van der Waals surface area (Å²) in [6, 6.07) is 4.96. The Morgan fingerprint density at radius 3 is 3.00 bits per heavy atom. The normalized spacial score (nSPS) is 20.6. The lowest BCUT2D eigenvalue weighted by atomic mass is 9.94. The van der Waals surface area contributed by atoms with Gasteiger partial charge < -0.3 is 10.6 Å². The smallest absolute Gasteiger partial charge is 0.123 e. The summed E-state index contributed by atoms with van der Waals surface area (Å²) in [4.78, 5) is 2.36. The van der Waals surface area contributed by atoms with Crippen LogP contribution in [0.2, 0.25) is 0 Å². The van der Waals surface area contributed by atoms with Crippen LogP contribution in [0.1, 0.15) is 31.7 Å². The topological polar surface area (TPSA) is 29.3 Å². The van der Waals surface area contributed by atoms with E-state index < -0.39 is 0 Å². The van der Waals surface area contributed by atoms with Gasteiger partial charge in [0.15, 0.2) is 0 Å². The highest BCUT2D eigenvalue weighted by Gasteiger charge is 2.20.